The summed E-state index contributed by atoms with van der Waals surface area (Å²) in [6, 6.07) is 11.1. The average Bonchev–Trinajstić information content (AvgIpc) is 3.45. The zero-order chi connectivity index (χ0) is 21.4. The third-order valence-corrected chi connectivity index (χ3v) is 4.83. The summed E-state index contributed by atoms with van der Waals surface area (Å²) in [6.45, 7) is 5.64. The number of hydrogen-bond donors (Lipinski definition) is 4. The fraction of sp³-hybridized carbons (Fsp3) is 0.455. The predicted octanol–water partition coefficient (Wildman–Crippen LogP) is 2.36. The molecule has 1 saturated heterocycles. The highest BCUT2D eigenvalue weighted by Gasteiger charge is 2.26. The molecule has 4 N–H and O–H groups in total. The highest BCUT2D eigenvalue weighted by Crippen LogP contribution is 2.20. The van der Waals surface area contributed by atoms with E-state index >= 15 is 0 Å². The Bertz CT molecular complexity index is 843. The SMILES string of the molecule is CCNC(=NCc1cccc(NC(=O)C2CCCO2)c1)NCC(C)(O)c1ccco1. The van der Waals surface area contributed by atoms with Crippen LogP contribution in [0.5, 0.6) is 0 Å². The number of aliphatic imine (C=N–C) groups is 1. The monoisotopic (exact) mass is 414 g/mol. The topological polar surface area (TPSA) is 108 Å². The quantitative estimate of drug-likeness (QED) is 0.390. The van der Waals surface area contributed by atoms with Gasteiger partial charge in [0.25, 0.3) is 5.91 Å². The number of guanidine groups is 1. The second-order valence-corrected chi connectivity index (χ2v) is 7.49. The van der Waals surface area contributed by atoms with Crippen LogP contribution in [0.2, 0.25) is 0 Å². The van der Waals surface area contributed by atoms with E-state index in [0.29, 0.717) is 31.4 Å². The van der Waals surface area contributed by atoms with Gasteiger partial charge in [-0.2, -0.15) is 0 Å². The van der Waals surface area contributed by atoms with Gasteiger partial charge in [-0.1, -0.05) is 12.1 Å². The molecule has 8 heteroatoms. The van der Waals surface area contributed by atoms with Gasteiger partial charge in [0.1, 0.15) is 17.5 Å². The standard InChI is InChI=1S/C22H30N4O4/c1-3-23-21(25-15-22(2,28)19-10-6-12-30-19)24-14-16-7-4-8-17(13-16)26-20(27)18-9-5-11-29-18/h4,6-8,10,12-13,18,28H,3,5,9,11,14-15H2,1-2H3,(H,26,27)(H2,23,24,25). The molecule has 0 bridgehead atoms. The Morgan fingerprint density at radius 3 is 2.87 bits per heavy atom. The molecule has 2 atom stereocenters. The van der Waals surface area contributed by atoms with Crippen LogP contribution in [-0.4, -0.2) is 42.8 Å². The molecule has 1 amide bonds. The second kappa shape index (κ2) is 10.3. The van der Waals surface area contributed by atoms with Crippen LogP contribution in [-0.2, 0) is 21.7 Å². The molecule has 3 rings (SSSR count). The summed E-state index contributed by atoms with van der Waals surface area (Å²) in [7, 11) is 0. The lowest BCUT2D eigenvalue weighted by Gasteiger charge is -2.22. The Morgan fingerprint density at radius 2 is 2.17 bits per heavy atom. The molecule has 0 spiro atoms. The first-order chi connectivity index (χ1) is 14.5. The van der Waals surface area contributed by atoms with Gasteiger partial charge in [-0.05, 0) is 56.5 Å². The molecule has 1 aliphatic heterocycles. The molecule has 162 valence electrons. The van der Waals surface area contributed by atoms with Crippen molar-refractivity contribution >= 4 is 17.6 Å². The van der Waals surface area contributed by atoms with Gasteiger partial charge in [0.2, 0.25) is 0 Å². The number of nitrogens with one attached hydrogen (secondary N) is 3. The molecule has 1 aliphatic rings. The van der Waals surface area contributed by atoms with Crippen LogP contribution in [0.3, 0.4) is 0 Å². The number of furan rings is 1. The van der Waals surface area contributed by atoms with Gasteiger partial charge >= 0.3 is 0 Å². The van der Waals surface area contributed by atoms with Gasteiger partial charge in [0.05, 0.1) is 19.4 Å². The minimum absolute atomic E-state index is 0.108. The highest BCUT2D eigenvalue weighted by molar-refractivity contribution is 5.94. The zero-order valence-electron chi connectivity index (χ0n) is 17.5. The van der Waals surface area contributed by atoms with Crippen molar-refractivity contribution in [2.24, 2.45) is 4.99 Å². The van der Waals surface area contributed by atoms with Gasteiger partial charge < -0.3 is 30.2 Å². The zero-order valence-corrected chi connectivity index (χ0v) is 17.5. The molecule has 0 aliphatic carbocycles. The number of hydrogen-bond acceptors (Lipinski definition) is 5. The number of anilines is 1. The largest absolute Gasteiger partial charge is 0.466 e. The average molecular weight is 415 g/mol. The van der Waals surface area contributed by atoms with E-state index in [2.05, 4.69) is 20.9 Å². The van der Waals surface area contributed by atoms with Gasteiger partial charge in [0.15, 0.2) is 5.96 Å². The van der Waals surface area contributed by atoms with Crippen molar-refractivity contribution in [3.63, 3.8) is 0 Å². The minimum atomic E-state index is -1.16. The number of rotatable bonds is 8. The van der Waals surface area contributed by atoms with Crippen molar-refractivity contribution in [3.8, 4) is 0 Å². The van der Waals surface area contributed by atoms with E-state index in [0.717, 1.165) is 24.1 Å². The molecule has 2 unspecified atom stereocenters. The Balaban J connectivity index is 1.59. The van der Waals surface area contributed by atoms with E-state index in [-0.39, 0.29) is 18.6 Å². The molecule has 1 aromatic heterocycles. The van der Waals surface area contributed by atoms with E-state index in [1.54, 1.807) is 19.1 Å². The van der Waals surface area contributed by atoms with E-state index < -0.39 is 5.60 Å². The second-order valence-electron chi connectivity index (χ2n) is 7.49. The van der Waals surface area contributed by atoms with E-state index in [1.165, 1.54) is 6.26 Å². The molecular formula is C22H30N4O4. The van der Waals surface area contributed by atoms with Gasteiger partial charge in [-0.3, -0.25) is 4.79 Å². The Labute approximate surface area is 176 Å². The van der Waals surface area contributed by atoms with Crippen LogP contribution in [0.15, 0.2) is 52.1 Å². The molecule has 2 aromatic rings. The molecule has 1 fully saturated rings. The molecule has 1 aromatic carbocycles. The highest BCUT2D eigenvalue weighted by atomic mass is 16.5. The van der Waals surface area contributed by atoms with Crippen LogP contribution >= 0.6 is 0 Å². The lowest BCUT2D eigenvalue weighted by atomic mass is 10.0. The summed E-state index contributed by atoms with van der Waals surface area (Å²) in [5.74, 6) is 0.960. The molecule has 0 radical (unpaired) electrons. The van der Waals surface area contributed by atoms with Crippen LogP contribution in [0.25, 0.3) is 0 Å². The smallest absolute Gasteiger partial charge is 0.253 e. The fourth-order valence-electron chi connectivity index (χ4n) is 3.19. The Kier molecular flexibility index (Phi) is 7.48. The maximum absolute atomic E-state index is 12.2. The van der Waals surface area contributed by atoms with Crippen molar-refractivity contribution in [2.45, 2.75) is 44.9 Å². The van der Waals surface area contributed by atoms with Gasteiger partial charge in [0, 0.05) is 18.8 Å². The summed E-state index contributed by atoms with van der Waals surface area (Å²) >= 11 is 0. The normalized spacial score (nSPS) is 18.6. The van der Waals surface area contributed by atoms with Crippen LogP contribution < -0.4 is 16.0 Å². The third kappa shape index (κ3) is 6.08. The summed E-state index contributed by atoms with van der Waals surface area (Å²) < 4.78 is 10.7. The molecule has 2 heterocycles. The predicted molar refractivity (Wildman–Crippen MR) is 115 cm³/mol. The maximum atomic E-state index is 12.2. The van der Waals surface area contributed by atoms with E-state index in [4.69, 9.17) is 9.15 Å². The first-order valence-electron chi connectivity index (χ1n) is 10.3. The van der Waals surface area contributed by atoms with Gasteiger partial charge in [-0.25, -0.2) is 4.99 Å². The summed E-state index contributed by atoms with van der Waals surface area (Å²) in [4.78, 5) is 16.8. The summed E-state index contributed by atoms with van der Waals surface area (Å²) in [5.41, 5.74) is 0.517. The molecular weight excluding hydrogens is 384 g/mol. The van der Waals surface area contributed by atoms with Crippen LogP contribution in [0.4, 0.5) is 5.69 Å². The van der Waals surface area contributed by atoms with Crippen molar-refractivity contribution < 1.29 is 19.1 Å². The number of ether oxygens (including phenoxy) is 1. The molecule has 0 saturated carbocycles. The van der Waals surface area contributed by atoms with Crippen LogP contribution in [0, 0.1) is 0 Å². The summed E-state index contributed by atoms with van der Waals surface area (Å²) in [6.07, 6.45) is 2.85. The third-order valence-electron chi connectivity index (χ3n) is 4.83. The number of benzene rings is 1. The lowest BCUT2D eigenvalue weighted by molar-refractivity contribution is -0.124. The van der Waals surface area contributed by atoms with Crippen molar-refractivity contribution in [1.82, 2.24) is 10.6 Å². The van der Waals surface area contributed by atoms with Crippen molar-refractivity contribution in [1.29, 1.82) is 0 Å². The van der Waals surface area contributed by atoms with Crippen LogP contribution in [0.1, 0.15) is 38.0 Å². The molecule has 8 nitrogen and oxygen atoms in total. The Morgan fingerprint density at radius 1 is 1.30 bits per heavy atom. The minimum Gasteiger partial charge on any atom is -0.466 e. The van der Waals surface area contributed by atoms with Crippen molar-refractivity contribution in [2.75, 3.05) is 25.0 Å². The lowest BCUT2D eigenvalue weighted by Crippen LogP contribution is -2.44. The number of amides is 1. The fourth-order valence-corrected chi connectivity index (χ4v) is 3.19. The molecule has 30 heavy (non-hydrogen) atoms. The number of aliphatic hydroxyl groups is 1. The van der Waals surface area contributed by atoms with Crippen molar-refractivity contribution in [3.05, 3.63) is 54.0 Å². The number of carbonyl (C=O) groups is 1. The van der Waals surface area contributed by atoms with E-state index in [9.17, 15) is 9.90 Å². The first kappa shape index (κ1) is 21.9. The number of carbonyl (C=O) groups excluding carboxylic acids is 1. The Hall–Kier alpha value is -2.84. The maximum Gasteiger partial charge on any atom is 0.253 e. The first-order valence-corrected chi connectivity index (χ1v) is 10.3. The van der Waals surface area contributed by atoms with E-state index in [1.807, 2.05) is 31.2 Å². The number of nitrogens with zero attached hydrogens (tertiary/aromatic N) is 1. The van der Waals surface area contributed by atoms with Gasteiger partial charge in [-0.15, -0.1) is 0 Å². The summed E-state index contributed by atoms with van der Waals surface area (Å²) in [5, 5.41) is 19.8.